The van der Waals surface area contributed by atoms with E-state index < -0.39 is 5.91 Å². The molecule has 7 nitrogen and oxygen atoms in total. The van der Waals surface area contributed by atoms with Gasteiger partial charge in [0.2, 0.25) is 0 Å². The van der Waals surface area contributed by atoms with Gasteiger partial charge in [0.1, 0.15) is 5.69 Å². The molecule has 0 spiro atoms. The maximum absolute atomic E-state index is 12.1. The summed E-state index contributed by atoms with van der Waals surface area (Å²) in [6.45, 7) is 2.31. The molecule has 2 aromatic rings. The van der Waals surface area contributed by atoms with Gasteiger partial charge in [0, 0.05) is 18.7 Å². The summed E-state index contributed by atoms with van der Waals surface area (Å²) in [6.07, 6.45) is 0.661. The van der Waals surface area contributed by atoms with Crippen LogP contribution in [0.4, 0.5) is 0 Å². The van der Waals surface area contributed by atoms with Crippen molar-refractivity contribution in [2.75, 3.05) is 6.54 Å². The number of nitrogens with one attached hydrogen (secondary N) is 1. The van der Waals surface area contributed by atoms with Gasteiger partial charge in [-0.3, -0.25) is 9.59 Å². The Morgan fingerprint density at radius 1 is 1.30 bits per heavy atom. The number of hydrogen-bond acceptors (Lipinski definition) is 4. The van der Waals surface area contributed by atoms with E-state index in [1.807, 2.05) is 25.1 Å². The van der Waals surface area contributed by atoms with E-state index in [0.29, 0.717) is 18.7 Å². The number of rotatable bonds is 6. The smallest absolute Gasteiger partial charge is 0.271 e. The second kappa shape index (κ2) is 8.30. The minimum absolute atomic E-state index is 0. The second-order valence-corrected chi connectivity index (χ2v) is 5.05. The lowest BCUT2D eigenvalue weighted by atomic mass is 10.2. The highest BCUT2D eigenvalue weighted by Gasteiger charge is 2.18. The summed E-state index contributed by atoms with van der Waals surface area (Å²) in [5, 5.41) is 6.89. The lowest BCUT2D eigenvalue weighted by Gasteiger charge is -2.05. The van der Waals surface area contributed by atoms with Crippen LogP contribution in [0, 0.1) is 0 Å². The maximum atomic E-state index is 12.1. The average Bonchev–Trinajstić information content (AvgIpc) is 2.93. The standard InChI is InChI=1S/C15H19N5O2.ClH/c1-10(16)7-8-18-15(22)12-9-13(14(17)21)20(19-12)11-5-3-2-4-6-11;/h2-6,9-10H,7-8,16H2,1H3,(H2,17,21)(H,18,22);1H. The first-order chi connectivity index (χ1) is 10.5. The predicted molar refractivity (Wildman–Crippen MR) is 89.9 cm³/mol. The van der Waals surface area contributed by atoms with Crippen molar-refractivity contribution in [1.82, 2.24) is 15.1 Å². The molecule has 0 aliphatic heterocycles. The van der Waals surface area contributed by atoms with Gasteiger partial charge < -0.3 is 16.8 Å². The van der Waals surface area contributed by atoms with Gasteiger partial charge in [-0.25, -0.2) is 4.68 Å². The molecule has 0 radical (unpaired) electrons. The summed E-state index contributed by atoms with van der Waals surface area (Å²) in [5.74, 6) is -1.01. The fourth-order valence-corrected chi connectivity index (χ4v) is 1.94. The zero-order chi connectivity index (χ0) is 16.1. The molecule has 0 saturated carbocycles. The van der Waals surface area contributed by atoms with E-state index in [-0.39, 0.29) is 35.7 Å². The van der Waals surface area contributed by atoms with Crippen LogP contribution in [0.1, 0.15) is 34.3 Å². The number of carbonyl (C=O) groups is 2. The highest BCUT2D eigenvalue weighted by molar-refractivity contribution is 5.97. The van der Waals surface area contributed by atoms with E-state index in [2.05, 4.69) is 10.4 Å². The van der Waals surface area contributed by atoms with Gasteiger partial charge in [-0.1, -0.05) is 18.2 Å². The quantitative estimate of drug-likeness (QED) is 0.724. The van der Waals surface area contributed by atoms with Crippen LogP contribution in [0.15, 0.2) is 36.4 Å². The van der Waals surface area contributed by atoms with Crippen molar-refractivity contribution in [3.8, 4) is 5.69 Å². The molecule has 124 valence electrons. The zero-order valence-corrected chi connectivity index (χ0v) is 13.5. The lowest BCUT2D eigenvalue weighted by Crippen LogP contribution is -2.29. The Balaban J connectivity index is 0.00000264. The Morgan fingerprint density at radius 2 is 1.96 bits per heavy atom. The minimum atomic E-state index is -0.647. The predicted octanol–water partition coefficient (Wildman–Crippen LogP) is 0.860. The zero-order valence-electron chi connectivity index (χ0n) is 12.7. The number of hydrogen-bond donors (Lipinski definition) is 3. The number of carbonyl (C=O) groups excluding carboxylic acids is 2. The fourth-order valence-electron chi connectivity index (χ4n) is 1.94. The van der Waals surface area contributed by atoms with Gasteiger partial charge >= 0.3 is 0 Å². The minimum Gasteiger partial charge on any atom is -0.364 e. The summed E-state index contributed by atoms with van der Waals surface area (Å²) in [6, 6.07) is 10.4. The van der Waals surface area contributed by atoms with Crippen LogP contribution in [-0.2, 0) is 0 Å². The Bertz CT molecular complexity index is 670. The van der Waals surface area contributed by atoms with E-state index in [9.17, 15) is 9.59 Å². The third kappa shape index (κ3) is 4.80. The van der Waals surface area contributed by atoms with Crippen LogP contribution in [-0.4, -0.2) is 34.2 Å². The van der Waals surface area contributed by atoms with Crippen molar-refractivity contribution >= 4 is 24.2 Å². The molecule has 2 amide bonds. The van der Waals surface area contributed by atoms with E-state index in [1.54, 1.807) is 12.1 Å². The molecule has 0 fully saturated rings. The topological polar surface area (TPSA) is 116 Å². The van der Waals surface area contributed by atoms with Crippen molar-refractivity contribution in [2.24, 2.45) is 11.5 Å². The first-order valence-corrected chi connectivity index (χ1v) is 6.98. The molecular weight excluding hydrogens is 318 g/mol. The number of halogens is 1. The van der Waals surface area contributed by atoms with Crippen molar-refractivity contribution in [3.05, 3.63) is 47.8 Å². The molecule has 1 aromatic carbocycles. The second-order valence-electron chi connectivity index (χ2n) is 5.05. The number of amides is 2. The molecule has 2 rings (SSSR count). The number of nitrogens with two attached hydrogens (primary N) is 2. The molecule has 0 bridgehead atoms. The van der Waals surface area contributed by atoms with Crippen molar-refractivity contribution < 1.29 is 9.59 Å². The summed E-state index contributed by atoms with van der Waals surface area (Å²) in [7, 11) is 0. The fraction of sp³-hybridized carbons (Fsp3) is 0.267. The summed E-state index contributed by atoms with van der Waals surface area (Å²) in [5.41, 5.74) is 11.9. The van der Waals surface area contributed by atoms with Crippen molar-refractivity contribution in [1.29, 1.82) is 0 Å². The average molecular weight is 338 g/mol. The number of para-hydroxylation sites is 1. The lowest BCUT2D eigenvalue weighted by molar-refractivity contribution is 0.0946. The monoisotopic (exact) mass is 337 g/mol. The van der Waals surface area contributed by atoms with Crippen LogP contribution in [0.5, 0.6) is 0 Å². The molecule has 0 aliphatic carbocycles. The molecule has 1 heterocycles. The number of primary amides is 1. The van der Waals surface area contributed by atoms with Gasteiger partial charge in [0.15, 0.2) is 5.69 Å². The number of benzene rings is 1. The van der Waals surface area contributed by atoms with Gasteiger partial charge in [0.05, 0.1) is 5.69 Å². The van der Waals surface area contributed by atoms with Gasteiger partial charge in [-0.15, -0.1) is 12.4 Å². The van der Waals surface area contributed by atoms with Crippen molar-refractivity contribution in [2.45, 2.75) is 19.4 Å². The van der Waals surface area contributed by atoms with E-state index in [4.69, 9.17) is 11.5 Å². The highest BCUT2D eigenvalue weighted by Crippen LogP contribution is 2.12. The Hall–Kier alpha value is -2.38. The summed E-state index contributed by atoms with van der Waals surface area (Å²) in [4.78, 5) is 23.6. The van der Waals surface area contributed by atoms with E-state index in [0.717, 1.165) is 0 Å². The normalized spacial score (nSPS) is 11.4. The number of nitrogens with zero attached hydrogens (tertiary/aromatic N) is 2. The summed E-state index contributed by atoms with van der Waals surface area (Å²) >= 11 is 0. The first kappa shape index (κ1) is 18.7. The van der Waals surface area contributed by atoms with E-state index >= 15 is 0 Å². The SMILES string of the molecule is CC(N)CCNC(=O)c1cc(C(N)=O)n(-c2ccccc2)n1.Cl. The molecular formula is C15H20ClN5O2. The van der Waals surface area contributed by atoms with Crippen LogP contribution in [0.3, 0.4) is 0 Å². The van der Waals surface area contributed by atoms with Gasteiger partial charge in [0.25, 0.3) is 11.8 Å². The Labute approximate surface area is 140 Å². The molecule has 0 aliphatic rings. The molecule has 1 aromatic heterocycles. The molecule has 1 atom stereocenters. The largest absolute Gasteiger partial charge is 0.364 e. The van der Waals surface area contributed by atoms with Gasteiger partial charge in [-0.05, 0) is 25.5 Å². The molecule has 8 heteroatoms. The van der Waals surface area contributed by atoms with E-state index in [1.165, 1.54) is 10.7 Å². The van der Waals surface area contributed by atoms with Crippen LogP contribution >= 0.6 is 12.4 Å². The van der Waals surface area contributed by atoms with Crippen molar-refractivity contribution in [3.63, 3.8) is 0 Å². The third-order valence-electron chi connectivity index (χ3n) is 3.08. The molecule has 0 saturated heterocycles. The Kier molecular flexibility index (Phi) is 6.74. The number of aromatic nitrogens is 2. The Morgan fingerprint density at radius 3 is 2.52 bits per heavy atom. The third-order valence-corrected chi connectivity index (χ3v) is 3.08. The van der Waals surface area contributed by atoms with Gasteiger partial charge in [-0.2, -0.15) is 5.10 Å². The molecule has 1 unspecified atom stereocenters. The van der Waals surface area contributed by atoms with Crippen LogP contribution in [0.2, 0.25) is 0 Å². The van der Waals surface area contributed by atoms with Crippen LogP contribution in [0.25, 0.3) is 5.69 Å². The molecule has 5 N–H and O–H groups in total. The maximum Gasteiger partial charge on any atom is 0.271 e. The first-order valence-electron chi connectivity index (χ1n) is 6.98. The molecule has 23 heavy (non-hydrogen) atoms. The highest BCUT2D eigenvalue weighted by atomic mass is 35.5. The van der Waals surface area contributed by atoms with Crippen LogP contribution < -0.4 is 16.8 Å². The summed E-state index contributed by atoms with van der Waals surface area (Å²) < 4.78 is 1.36.